The molecule has 0 saturated carbocycles. The van der Waals surface area contributed by atoms with Gasteiger partial charge in [-0.3, -0.25) is 0 Å². The molecule has 1 aliphatic heterocycles. The van der Waals surface area contributed by atoms with E-state index in [1.165, 1.54) is 12.0 Å². The molecular formula is C16H26N2O. The molecule has 1 atom stereocenters. The number of nitrogens with zero attached hydrogens (tertiary/aromatic N) is 1. The fourth-order valence-electron chi connectivity index (χ4n) is 2.76. The Balaban J connectivity index is 1.85. The lowest BCUT2D eigenvalue weighted by Gasteiger charge is -2.25. The zero-order valence-electron chi connectivity index (χ0n) is 12.6. The minimum absolute atomic E-state index is 0.287. The van der Waals surface area contributed by atoms with Gasteiger partial charge in [-0.1, -0.05) is 12.1 Å². The van der Waals surface area contributed by atoms with E-state index in [1.54, 1.807) is 7.11 Å². The first-order valence-electron chi connectivity index (χ1n) is 7.08. The molecule has 2 rings (SSSR count). The Morgan fingerprint density at radius 1 is 1.42 bits per heavy atom. The van der Waals surface area contributed by atoms with Crippen LogP contribution in [0.3, 0.4) is 0 Å². The highest BCUT2D eigenvalue weighted by atomic mass is 16.5. The van der Waals surface area contributed by atoms with E-state index in [0.29, 0.717) is 6.04 Å². The molecule has 0 aromatic heterocycles. The van der Waals surface area contributed by atoms with Gasteiger partial charge in [0.25, 0.3) is 0 Å². The summed E-state index contributed by atoms with van der Waals surface area (Å²) in [7, 11) is 3.95. The fraction of sp³-hybridized carbons (Fsp3) is 0.625. The maximum absolute atomic E-state index is 5.27. The molecule has 3 heteroatoms. The Morgan fingerprint density at radius 2 is 2.21 bits per heavy atom. The van der Waals surface area contributed by atoms with Crippen molar-refractivity contribution in [3.8, 4) is 5.75 Å². The Kier molecular flexibility index (Phi) is 4.48. The van der Waals surface area contributed by atoms with E-state index in [0.717, 1.165) is 25.3 Å². The SMILES string of the molecule is COc1cccc(CCN(C)C2CNC(C)(C)C2)c1. The number of hydrogen-bond donors (Lipinski definition) is 1. The maximum Gasteiger partial charge on any atom is 0.119 e. The van der Waals surface area contributed by atoms with Gasteiger partial charge in [-0.15, -0.1) is 0 Å². The van der Waals surface area contributed by atoms with E-state index < -0.39 is 0 Å². The lowest BCUT2D eigenvalue weighted by atomic mass is 10.0. The fourth-order valence-corrected chi connectivity index (χ4v) is 2.76. The predicted molar refractivity (Wildman–Crippen MR) is 79.8 cm³/mol. The van der Waals surface area contributed by atoms with Crippen molar-refractivity contribution in [3.63, 3.8) is 0 Å². The Morgan fingerprint density at radius 3 is 2.84 bits per heavy atom. The summed E-state index contributed by atoms with van der Waals surface area (Å²) in [6.45, 7) is 6.75. The monoisotopic (exact) mass is 262 g/mol. The third kappa shape index (κ3) is 3.95. The lowest BCUT2D eigenvalue weighted by Crippen LogP contribution is -2.34. The first kappa shape index (κ1) is 14.4. The molecule has 0 amide bonds. The van der Waals surface area contributed by atoms with Crippen molar-refractivity contribution < 1.29 is 4.74 Å². The average Bonchev–Trinajstić information content (AvgIpc) is 2.76. The summed E-state index contributed by atoms with van der Waals surface area (Å²) in [5.74, 6) is 0.948. The zero-order valence-corrected chi connectivity index (χ0v) is 12.6. The number of ether oxygens (including phenoxy) is 1. The summed E-state index contributed by atoms with van der Waals surface area (Å²) < 4.78 is 5.27. The largest absolute Gasteiger partial charge is 0.497 e. The van der Waals surface area contributed by atoms with Crippen molar-refractivity contribution in [2.75, 3.05) is 27.2 Å². The van der Waals surface area contributed by atoms with Gasteiger partial charge in [0.05, 0.1) is 7.11 Å². The van der Waals surface area contributed by atoms with Gasteiger partial charge in [-0.05, 0) is 51.4 Å². The van der Waals surface area contributed by atoms with E-state index in [-0.39, 0.29) is 5.54 Å². The van der Waals surface area contributed by atoms with Crippen molar-refractivity contribution in [2.45, 2.75) is 38.3 Å². The number of hydrogen-bond acceptors (Lipinski definition) is 3. The van der Waals surface area contributed by atoms with Gasteiger partial charge in [0.15, 0.2) is 0 Å². The number of rotatable bonds is 5. The number of likely N-dealkylation sites (N-methyl/N-ethyl adjacent to an activating group) is 1. The summed E-state index contributed by atoms with van der Waals surface area (Å²) in [5.41, 5.74) is 1.63. The van der Waals surface area contributed by atoms with E-state index in [9.17, 15) is 0 Å². The van der Waals surface area contributed by atoms with E-state index in [2.05, 4.69) is 49.3 Å². The molecule has 1 unspecified atom stereocenters. The Labute approximate surface area is 116 Å². The van der Waals surface area contributed by atoms with Crippen LogP contribution in [0.5, 0.6) is 5.75 Å². The van der Waals surface area contributed by atoms with Gasteiger partial charge in [0, 0.05) is 24.7 Å². The highest BCUT2D eigenvalue weighted by Crippen LogP contribution is 2.21. The summed E-state index contributed by atoms with van der Waals surface area (Å²) >= 11 is 0. The molecule has 0 radical (unpaired) electrons. The van der Waals surface area contributed by atoms with Gasteiger partial charge in [-0.25, -0.2) is 0 Å². The third-order valence-electron chi connectivity index (χ3n) is 4.07. The van der Waals surface area contributed by atoms with Crippen LogP contribution in [-0.4, -0.2) is 43.7 Å². The summed E-state index contributed by atoms with van der Waals surface area (Å²) in [5, 5.41) is 3.58. The topological polar surface area (TPSA) is 24.5 Å². The molecule has 1 heterocycles. The molecule has 1 saturated heterocycles. The predicted octanol–water partition coefficient (Wildman–Crippen LogP) is 2.31. The first-order valence-corrected chi connectivity index (χ1v) is 7.08. The van der Waals surface area contributed by atoms with E-state index >= 15 is 0 Å². The number of benzene rings is 1. The minimum atomic E-state index is 0.287. The minimum Gasteiger partial charge on any atom is -0.497 e. The standard InChI is InChI=1S/C16H26N2O/c1-16(2)11-14(12-17-16)18(3)9-8-13-6-5-7-15(10-13)19-4/h5-7,10,14,17H,8-9,11-12H2,1-4H3. The molecule has 1 N–H and O–H groups in total. The molecule has 19 heavy (non-hydrogen) atoms. The number of methoxy groups -OCH3 is 1. The van der Waals surface area contributed by atoms with Gasteiger partial charge >= 0.3 is 0 Å². The van der Waals surface area contributed by atoms with Crippen LogP contribution in [0.25, 0.3) is 0 Å². The Bertz CT molecular complexity index is 417. The highest BCUT2D eigenvalue weighted by Gasteiger charge is 2.32. The second-order valence-corrected chi connectivity index (χ2v) is 6.20. The number of nitrogens with one attached hydrogen (secondary N) is 1. The second-order valence-electron chi connectivity index (χ2n) is 6.20. The van der Waals surface area contributed by atoms with Crippen LogP contribution in [0, 0.1) is 0 Å². The first-order chi connectivity index (χ1) is 9.00. The van der Waals surface area contributed by atoms with Crippen LogP contribution in [0.2, 0.25) is 0 Å². The average molecular weight is 262 g/mol. The molecule has 0 bridgehead atoms. The lowest BCUT2D eigenvalue weighted by molar-refractivity contribution is 0.251. The van der Waals surface area contributed by atoms with Gasteiger partial charge in [0.2, 0.25) is 0 Å². The van der Waals surface area contributed by atoms with E-state index in [1.807, 2.05) is 6.07 Å². The molecule has 1 aromatic rings. The Hall–Kier alpha value is -1.06. The van der Waals surface area contributed by atoms with Crippen LogP contribution in [0.1, 0.15) is 25.8 Å². The van der Waals surface area contributed by atoms with Crippen molar-refractivity contribution in [1.82, 2.24) is 10.2 Å². The van der Waals surface area contributed by atoms with Crippen LogP contribution in [-0.2, 0) is 6.42 Å². The van der Waals surface area contributed by atoms with Gasteiger partial charge in [0.1, 0.15) is 5.75 Å². The van der Waals surface area contributed by atoms with Crippen molar-refractivity contribution >= 4 is 0 Å². The molecule has 0 aliphatic carbocycles. The summed E-state index contributed by atoms with van der Waals surface area (Å²) in [6.07, 6.45) is 2.30. The molecule has 1 aliphatic rings. The van der Waals surface area contributed by atoms with E-state index in [4.69, 9.17) is 4.74 Å². The van der Waals surface area contributed by atoms with Crippen molar-refractivity contribution in [2.24, 2.45) is 0 Å². The molecule has 106 valence electrons. The van der Waals surface area contributed by atoms with Crippen molar-refractivity contribution in [1.29, 1.82) is 0 Å². The third-order valence-corrected chi connectivity index (χ3v) is 4.07. The zero-order chi connectivity index (χ0) is 13.9. The molecule has 3 nitrogen and oxygen atoms in total. The van der Waals surface area contributed by atoms with Crippen LogP contribution >= 0.6 is 0 Å². The normalized spacial score (nSPS) is 21.8. The van der Waals surface area contributed by atoms with Crippen LogP contribution in [0.4, 0.5) is 0 Å². The molecule has 1 fully saturated rings. The van der Waals surface area contributed by atoms with Crippen LogP contribution < -0.4 is 10.1 Å². The smallest absolute Gasteiger partial charge is 0.119 e. The van der Waals surface area contributed by atoms with Crippen molar-refractivity contribution in [3.05, 3.63) is 29.8 Å². The summed E-state index contributed by atoms with van der Waals surface area (Å²) in [6, 6.07) is 9.02. The van der Waals surface area contributed by atoms with Gasteiger partial charge < -0.3 is 15.0 Å². The van der Waals surface area contributed by atoms with Crippen LogP contribution in [0.15, 0.2) is 24.3 Å². The molecular weight excluding hydrogens is 236 g/mol. The second kappa shape index (κ2) is 5.93. The van der Waals surface area contributed by atoms with Gasteiger partial charge in [-0.2, -0.15) is 0 Å². The summed E-state index contributed by atoms with van der Waals surface area (Å²) in [4.78, 5) is 2.47. The molecule has 1 aromatic carbocycles. The molecule has 0 spiro atoms. The quantitative estimate of drug-likeness (QED) is 0.881. The highest BCUT2D eigenvalue weighted by molar-refractivity contribution is 5.28. The maximum atomic E-state index is 5.27.